The van der Waals surface area contributed by atoms with E-state index < -0.39 is 0 Å². The molecule has 1 aromatic carbocycles. The molecule has 2 aliphatic rings. The number of nitrogens with zero attached hydrogens (tertiary/aromatic N) is 1. The summed E-state index contributed by atoms with van der Waals surface area (Å²) in [5, 5.41) is 12.0. The molecule has 80 valence electrons. The van der Waals surface area contributed by atoms with Gasteiger partial charge in [0.2, 0.25) is 5.76 Å². The van der Waals surface area contributed by atoms with Crippen molar-refractivity contribution < 1.29 is 9.15 Å². The molecule has 1 aliphatic carbocycles. The van der Waals surface area contributed by atoms with Crippen molar-refractivity contribution in [2.45, 2.75) is 0 Å². The molecule has 0 spiro atoms. The molecule has 0 bridgehead atoms. The molecule has 0 unspecified atom stereocenters. The van der Waals surface area contributed by atoms with E-state index >= 15 is 0 Å². The van der Waals surface area contributed by atoms with Crippen LogP contribution >= 0.6 is 0 Å². The molecule has 0 amide bonds. The van der Waals surface area contributed by atoms with Crippen molar-refractivity contribution in [1.82, 2.24) is 0 Å². The first-order valence-corrected chi connectivity index (χ1v) is 4.81. The van der Waals surface area contributed by atoms with Crippen LogP contribution in [0.4, 0.5) is 0 Å². The van der Waals surface area contributed by atoms with E-state index in [4.69, 9.17) is 4.42 Å². The third kappa shape index (κ3) is 1.95. The predicted molar refractivity (Wildman–Crippen MR) is 65.2 cm³/mol. The van der Waals surface area contributed by atoms with E-state index in [1.807, 2.05) is 0 Å². The summed E-state index contributed by atoms with van der Waals surface area (Å²) in [6, 6.07) is 11.0. The molecule has 3 rings (SSSR count). The van der Waals surface area contributed by atoms with Gasteiger partial charge in [-0.2, -0.15) is 4.73 Å². The molecule has 0 atom stereocenters. The Bertz CT molecular complexity index is 708. The van der Waals surface area contributed by atoms with Crippen LogP contribution < -0.4 is 10.2 Å². The zero-order valence-electron chi connectivity index (χ0n) is 8.21. The van der Waals surface area contributed by atoms with Crippen molar-refractivity contribution in [2.75, 3.05) is 0 Å². The van der Waals surface area contributed by atoms with Gasteiger partial charge in [-0.1, -0.05) is 12.1 Å². The van der Waals surface area contributed by atoms with E-state index in [1.54, 1.807) is 24.3 Å². The number of rotatable bonds is 0. The Morgan fingerprint density at radius 2 is 1.88 bits per heavy atom. The Morgan fingerprint density at radius 3 is 2.71 bits per heavy atom. The van der Waals surface area contributed by atoms with Gasteiger partial charge in [-0.05, 0) is 12.1 Å². The zero-order valence-corrected chi connectivity index (χ0v) is 8.21. The molecule has 0 N–H and O–H groups in total. The maximum atomic E-state index is 12.0. The molecule has 0 fully saturated rings. The third-order valence-corrected chi connectivity index (χ3v) is 2.45. The summed E-state index contributed by atoms with van der Waals surface area (Å²) in [5.74, 6) is 0.307. The molecule has 0 radical (unpaired) electrons. The summed E-state index contributed by atoms with van der Waals surface area (Å²) in [5.41, 5.74) is 1.11. The van der Waals surface area contributed by atoms with Crippen LogP contribution in [-0.4, -0.2) is 29.6 Å². The van der Waals surface area contributed by atoms with Crippen molar-refractivity contribution in [3.63, 3.8) is 0 Å². The van der Waals surface area contributed by atoms with E-state index in [0.717, 1.165) is 4.73 Å². The molecule has 1 aliphatic heterocycles. The van der Waals surface area contributed by atoms with Crippen LogP contribution in [0.3, 0.4) is 0 Å². The average molecular weight is 237 g/mol. The van der Waals surface area contributed by atoms with E-state index in [-0.39, 0.29) is 35.0 Å². The molecule has 1 heterocycles. The molecule has 17 heavy (non-hydrogen) atoms. The summed E-state index contributed by atoms with van der Waals surface area (Å²) >= 11 is 0. The van der Waals surface area contributed by atoms with Gasteiger partial charge in [0.05, 0.1) is 0 Å². The van der Waals surface area contributed by atoms with Gasteiger partial charge in [-0.25, -0.2) is 0 Å². The van der Waals surface area contributed by atoms with E-state index in [1.165, 1.54) is 18.2 Å². The zero-order chi connectivity index (χ0) is 11.1. The van der Waals surface area contributed by atoms with Crippen LogP contribution in [0.15, 0.2) is 51.7 Å². The fourth-order valence-corrected chi connectivity index (χ4v) is 1.70. The van der Waals surface area contributed by atoms with Gasteiger partial charge in [0.25, 0.3) is 11.2 Å². The van der Waals surface area contributed by atoms with Gasteiger partial charge in [0, 0.05) is 18.2 Å². The van der Waals surface area contributed by atoms with Crippen LogP contribution in [0.2, 0.25) is 0 Å². The van der Waals surface area contributed by atoms with Crippen molar-refractivity contribution in [3.8, 4) is 11.5 Å². The van der Waals surface area contributed by atoms with Crippen molar-refractivity contribution in [3.05, 3.63) is 57.9 Å². The van der Waals surface area contributed by atoms with Crippen LogP contribution in [0.5, 0.6) is 0 Å². The minimum atomic E-state index is -0.175. The number of para-hydroxylation sites is 2. The van der Waals surface area contributed by atoms with Gasteiger partial charge in [-0.15, -0.1) is 0 Å². The monoisotopic (exact) mass is 237 g/mol. The van der Waals surface area contributed by atoms with Gasteiger partial charge < -0.3 is 9.62 Å². The van der Waals surface area contributed by atoms with E-state index in [2.05, 4.69) is 0 Å². The quantitative estimate of drug-likeness (QED) is 0.252. The number of hydrogen-bond acceptors (Lipinski definition) is 3. The number of hydrogen-bond donors (Lipinski definition) is 0. The molecule has 0 saturated heterocycles. The first kappa shape index (κ1) is 12.1. The second kappa shape index (κ2) is 4.49. The SMILES string of the molecule is O=c1ccc2[n+]([O-])c3ccccc3oc-2c1.[NaH]. The van der Waals surface area contributed by atoms with E-state index in [9.17, 15) is 10.0 Å². The van der Waals surface area contributed by atoms with Gasteiger partial charge >= 0.3 is 29.6 Å². The average Bonchev–Trinajstić information content (AvgIpc) is 2.29. The Morgan fingerprint density at radius 1 is 1.12 bits per heavy atom. The topological polar surface area (TPSA) is 57.1 Å². The Kier molecular flexibility index (Phi) is 3.19. The Labute approximate surface area is 119 Å². The second-order valence-corrected chi connectivity index (χ2v) is 3.49. The predicted octanol–water partition coefficient (Wildman–Crippen LogP) is 0.883. The van der Waals surface area contributed by atoms with Crippen LogP contribution in [-0.2, 0) is 0 Å². The summed E-state index contributed by atoms with van der Waals surface area (Å²) in [7, 11) is 0. The summed E-state index contributed by atoms with van der Waals surface area (Å²) < 4.78 is 6.26. The first-order chi connectivity index (χ1) is 7.75. The van der Waals surface area contributed by atoms with Crippen LogP contribution in [0, 0.1) is 5.21 Å². The fourth-order valence-electron chi connectivity index (χ4n) is 1.70. The Hall–Kier alpha value is -1.36. The van der Waals surface area contributed by atoms with E-state index in [0.29, 0.717) is 22.6 Å². The van der Waals surface area contributed by atoms with Gasteiger partial charge in [0.15, 0.2) is 11.0 Å². The Balaban J connectivity index is 0.00000108. The maximum absolute atomic E-state index is 12.0. The number of benzene rings is 2. The first-order valence-electron chi connectivity index (χ1n) is 4.81. The minimum absolute atomic E-state index is 0. The van der Waals surface area contributed by atoms with Crippen LogP contribution in [0.1, 0.15) is 0 Å². The van der Waals surface area contributed by atoms with Crippen molar-refractivity contribution in [1.29, 1.82) is 0 Å². The molecular weight excluding hydrogens is 229 g/mol. The number of aromatic nitrogens is 1. The number of fused-ring (bicyclic) bond motifs is 2. The molecular formula is C12H8NNaO3. The van der Waals surface area contributed by atoms with Crippen LogP contribution in [0.25, 0.3) is 22.6 Å². The summed E-state index contributed by atoms with van der Waals surface area (Å²) in [6.45, 7) is 0. The second-order valence-electron chi connectivity index (χ2n) is 3.49. The third-order valence-electron chi connectivity index (χ3n) is 2.45. The molecule has 0 aromatic heterocycles. The van der Waals surface area contributed by atoms with Gasteiger partial charge in [-0.3, -0.25) is 4.79 Å². The standard InChI is InChI=1S/C12H7NO3.Na.H/c14-8-5-6-10-12(7-8)16-11-4-2-1-3-9(11)13(10)15;;/h1-7H;;. The van der Waals surface area contributed by atoms with Gasteiger partial charge in [0.1, 0.15) is 0 Å². The summed E-state index contributed by atoms with van der Waals surface area (Å²) in [4.78, 5) is 11.2. The van der Waals surface area contributed by atoms with Crippen molar-refractivity contribution >= 4 is 40.7 Å². The molecule has 5 heteroatoms. The van der Waals surface area contributed by atoms with Crippen molar-refractivity contribution in [2.24, 2.45) is 0 Å². The molecule has 4 nitrogen and oxygen atoms in total. The normalized spacial score (nSPS) is 10.4. The summed E-state index contributed by atoms with van der Waals surface area (Å²) in [6.07, 6.45) is 0. The fraction of sp³-hybridized carbons (Fsp3) is 0. The molecule has 1 aromatic rings. The molecule has 0 saturated carbocycles.